The van der Waals surface area contributed by atoms with Crippen molar-refractivity contribution in [2.24, 2.45) is 0 Å². The molecule has 1 amide bonds. The number of nitrogens with one attached hydrogen (secondary N) is 2. The fourth-order valence-corrected chi connectivity index (χ4v) is 2.67. The van der Waals surface area contributed by atoms with Crippen LogP contribution in [0.5, 0.6) is 0 Å². The Morgan fingerprint density at radius 2 is 1.81 bits per heavy atom. The van der Waals surface area contributed by atoms with Gasteiger partial charge in [0.05, 0.1) is 11.4 Å². The second-order valence-corrected chi connectivity index (χ2v) is 6.81. The van der Waals surface area contributed by atoms with Gasteiger partial charge in [0.1, 0.15) is 11.6 Å². The number of halogens is 4. The molecule has 0 saturated heterocycles. The number of rotatable bonds is 6. The van der Waals surface area contributed by atoms with E-state index in [2.05, 4.69) is 30.6 Å². The van der Waals surface area contributed by atoms with Crippen molar-refractivity contribution in [3.05, 3.63) is 53.7 Å². The first-order chi connectivity index (χ1) is 14.5. The monoisotopic (exact) mass is 434 g/mol. The quantitative estimate of drug-likeness (QED) is 0.531. The highest BCUT2D eigenvalue weighted by atomic mass is 19.3. The Labute approximate surface area is 175 Å². The first-order valence-corrected chi connectivity index (χ1v) is 9.06. The maximum atomic E-state index is 13.7. The predicted octanol–water partition coefficient (Wildman–Crippen LogP) is 4.99. The molecule has 0 atom stereocenters. The van der Waals surface area contributed by atoms with Crippen LogP contribution in [0.15, 0.2) is 36.7 Å². The molecule has 0 spiro atoms. The van der Waals surface area contributed by atoms with Crippen molar-refractivity contribution in [2.75, 3.05) is 10.6 Å². The predicted molar refractivity (Wildman–Crippen MR) is 106 cm³/mol. The smallest absolute Gasteiger partial charge is 0.303 e. The SMILES string of the molecule is CC(=O)Nc1cc(Nc2cc(C)nc(C(C)(F)F)n2)c(-c2ccc(C(F)F)cn2)cn1. The standard InChI is InChI=1S/C20H18F4N6O/c1-10-6-17(30-19(27-10)20(3,23)24)29-15-7-16(28-11(2)31)26-9-13(15)14-5-4-12(8-25-14)18(21)22/h4-9,18H,1-3H3,(H2,26,27,28,29,30,31). The third kappa shape index (κ3) is 5.50. The Hall–Kier alpha value is -3.63. The second kappa shape index (κ2) is 8.62. The van der Waals surface area contributed by atoms with Crippen molar-refractivity contribution in [3.63, 3.8) is 0 Å². The summed E-state index contributed by atoms with van der Waals surface area (Å²) in [5.74, 6) is -4.01. The molecule has 162 valence electrons. The molecule has 7 nitrogen and oxygen atoms in total. The molecule has 0 fully saturated rings. The molecule has 0 radical (unpaired) electrons. The van der Waals surface area contributed by atoms with Crippen molar-refractivity contribution in [2.45, 2.75) is 33.1 Å². The summed E-state index contributed by atoms with van der Waals surface area (Å²) in [6, 6.07) is 5.53. The Morgan fingerprint density at radius 3 is 2.39 bits per heavy atom. The van der Waals surface area contributed by atoms with Gasteiger partial charge in [0.2, 0.25) is 11.7 Å². The first kappa shape index (κ1) is 22.1. The molecule has 11 heteroatoms. The zero-order valence-electron chi connectivity index (χ0n) is 16.8. The van der Waals surface area contributed by atoms with Crippen LogP contribution in [-0.2, 0) is 10.7 Å². The minimum absolute atomic E-state index is 0.0782. The highest BCUT2D eigenvalue weighted by Gasteiger charge is 2.29. The second-order valence-electron chi connectivity index (χ2n) is 6.81. The van der Waals surface area contributed by atoms with E-state index in [-0.39, 0.29) is 23.1 Å². The molecule has 0 unspecified atom stereocenters. The average Bonchev–Trinajstić information content (AvgIpc) is 2.67. The van der Waals surface area contributed by atoms with Gasteiger partial charge in [-0.15, -0.1) is 0 Å². The summed E-state index contributed by atoms with van der Waals surface area (Å²) < 4.78 is 53.1. The van der Waals surface area contributed by atoms with Gasteiger partial charge in [0.25, 0.3) is 6.43 Å². The molecule has 0 bridgehead atoms. The molecule has 0 saturated carbocycles. The van der Waals surface area contributed by atoms with E-state index in [1.54, 1.807) is 6.92 Å². The average molecular weight is 434 g/mol. The van der Waals surface area contributed by atoms with Gasteiger partial charge >= 0.3 is 5.92 Å². The number of alkyl halides is 4. The molecule has 0 aliphatic heterocycles. The van der Waals surface area contributed by atoms with Crippen molar-refractivity contribution in [3.8, 4) is 11.3 Å². The van der Waals surface area contributed by atoms with Crippen LogP contribution in [0.25, 0.3) is 11.3 Å². The number of hydrogen-bond acceptors (Lipinski definition) is 6. The number of nitrogens with zero attached hydrogens (tertiary/aromatic N) is 4. The number of pyridine rings is 2. The molecular formula is C20H18F4N6O. The molecular weight excluding hydrogens is 416 g/mol. The minimum atomic E-state index is -3.25. The highest BCUT2D eigenvalue weighted by Crippen LogP contribution is 2.32. The minimum Gasteiger partial charge on any atom is -0.339 e. The van der Waals surface area contributed by atoms with Crippen LogP contribution in [0.2, 0.25) is 0 Å². The molecule has 0 aliphatic carbocycles. The van der Waals surface area contributed by atoms with Crippen LogP contribution in [0.1, 0.15) is 37.4 Å². The summed E-state index contributed by atoms with van der Waals surface area (Å²) in [4.78, 5) is 27.2. The number of aryl methyl sites for hydroxylation is 1. The Morgan fingerprint density at radius 1 is 1.06 bits per heavy atom. The molecule has 3 aromatic rings. The van der Waals surface area contributed by atoms with Gasteiger partial charge in [-0.1, -0.05) is 0 Å². The molecule has 3 rings (SSSR count). The van der Waals surface area contributed by atoms with Crippen LogP contribution in [0.3, 0.4) is 0 Å². The summed E-state index contributed by atoms with van der Waals surface area (Å²) >= 11 is 0. The Balaban J connectivity index is 2.06. The molecule has 3 aromatic heterocycles. The Kier molecular flexibility index (Phi) is 6.14. The number of carbonyl (C=O) groups is 1. The van der Waals surface area contributed by atoms with Gasteiger partial charge in [-0.05, 0) is 19.1 Å². The normalized spacial score (nSPS) is 11.5. The van der Waals surface area contributed by atoms with E-state index in [4.69, 9.17) is 0 Å². The summed E-state index contributed by atoms with van der Waals surface area (Å²) in [6.45, 7) is 3.53. The van der Waals surface area contributed by atoms with E-state index in [1.807, 2.05) is 0 Å². The van der Waals surface area contributed by atoms with E-state index in [0.717, 1.165) is 6.20 Å². The maximum absolute atomic E-state index is 13.7. The first-order valence-electron chi connectivity index (χ1n) is 9.06. The van der Waals surface area contributed by atoms with Crippen LogP contribution in [0.4, 0.5) is 34.9 Å². The number of carbonyl (C=O) groups excluding carboxylic acids is 1. The van der Waals surface area contributed by atoms with Crippen molar-refractivity contribution >= 4 is 23.2 Å². The molecule has 31 heavy (non-hydrogen) atoms. The van der Waals surface area contributed by atoms with Crippen molar-refractivity contribution < 1.29 is 22.4 Å². The van der Waals surface area contributed by atoms with Gasteiger partial charge in [0.15, 0.2) is 0 Å². The van der Waals surface area contributed by atoms with E-state index < -0.39 is 18.2 Å². The van der Waals surface area contributed by atoms with E-state index in [1.165, 1.54) is 37.4 Å². The van der Waals surface area contributed by atoms with E-state index in [9.17, 15) is 22.4 Å². The lowest BCUT2D eigenvalue weighted by Crippen LogP contribution is -2.14. The van der Waals surface area contributed by atoms with Crippen LogP contribution < -0.4 is 10.6 Å². The van der Waals surface area contributed by atoms with Gasteiger partial charge in [0, 0.05) is 55.2 Å². The fourth-order valence-electron chi connectivity index (χ4n) is 2.67. The highest BCUT2D eigenvalue weighted by molar-refractivity contribution is 5.89. The maximum Gasteiger partial charge on any atom is 0.303 e. The van der Waals surface area contributed by atoms with Gasteiger partial charge in [-0.3, -0.25) is 9.78 Å². The van der Waals surface area contributed by atoms with Gasteiger partial charge < -0.3 is 10.6 Å². The molecule has 2 N–H and O–H groups in total. The molecule has 0 aromatic carbocycles. The number of amides is 1. The summed E-state index contributed by atoms with van der Waals surface area (Å²) in [6.07, 6.45) is -0.255. The number of anilines is 3. The van der Waals surface area contributed by atoms with E-state index in [0.29, 0.717) is 29.6 Å². The topological polar surface area (TPSA) is 92.7 Å². The zero-order chi connectivity index (χ0) is 22.8. The van der Waals surface area contributed by atoms with Crippen LogP contribution >= 0.6 is 0 Å². The van der Waals surface area contributed by atoms with Gasteiger partial charge in [-0.2, -0.15) is 8.78 Å². The lowest BCUT2D eigenvalue weighted by molar-refractivity contribution is -0.114. The van der Waals surface area contributed by atoms with Crippen LogP contribution in [0, 0.1) is 6.92 Å². The number of aromatic nitrogens is 4. The fraction of sp³-hybridized carbons (Fsp3) is 0.250. The summed E-state index contributed by atoms with van der Waals surface area (Å²) in [5, 5.41) is 5.43. The third-order valence-corrected chi connectivity index (χ3v) is 4.03. The largest absolute Gasteiger partial charge is 0.339 e. The number of hydrogen-bond donors (Lipinski definition) is 2. The van der Waals surface area contributed by atoms with Gasteiger partial charge in [-0.25, -0.2) is 23.7 Å². The molecule has 3 heterocycles. The summed E-state index contributed by atoms with van der Waals surface area (Å²) in [7, 11) is 0. The summed E-state index contributed by atoms with van der Waals surface area (Å²) in [5.41, 5.74) is 1.07. The molecule has 0 aliphatic rings. The lowest BCUT2D eigenvalue weighted by Gasteiger charge is -2.15. The lowest BCUT2D eigenvalue weighted by atomic mass is 10.1. The van der Waals surface area contributed by atoms with Crippen molar-refractivity contribution in [1.29, 1.82) is 0 Å². The van der Waals surface area contributed by atoms with Crippen LogP contribution in [-0.4, -0.2) is 25.8 Å². The third-order valence-electron chi connectivity index (χ3n) is 4.03. The zero-order valence-corrected chi connectivity index (χ0v) is 16.8. The van der Waals surface area contributed by atoms with E-state index >= 15 is 0 Å². The van der Waals surface area contributed by atoms with Crippen molar-refractivity contribution in [1.82, 2.24) is 19.9 Å². The Bertz CT molecular complexity index is 1100.